The number of primary amides is 1. The molecular formula is C14H17FN4O. The van der Waals surface area contributed by atoms with Crippen molar-refractivity contribution >= 4 is 22.6 Å². The fourth-order valence-electron chi connectivity index (χ4n) is 2.78. The number of aromatic nitrogens is 2. The normalized spacial score (nSPS) is 22.9. The lowest BCUT2D eigenvalue weighted by Gasteiger charge is -2.28. The molecule has 0 aliphatic heterocycles. The molecule has 2 aromatic heterocycles. The number of nitrogens with zero attached hydrogens (tertiary/aromatic N) is 1. The molecule has 0 unspecified atom stereocenters. The van der Waals surface area contributed by atoms with Crippen LogP contribution >= 0.6 is 0 Å². The van der Waals surface area contributed by atoms with E-state index >= 15 is 0 Å². The standard InChI is InChI=1S/C14H17FN4O/c15-10-3-1-2-4-11(10)19-12-8-5-6-17-14(8)18-7-9(12)13(16)20/h5-7,10-11H,1-4H2,(H2,16,20)(H2,17,18,19)/t10-,11+/m0/s1. The summed E-state index contributed by atoms with van der Waals surface area (Å²) in [4.78, 5) is 18.7. The van der Waals surface area contributed by atoms with Crippen LogP contribution in [0.4, 0.5) is 10.1 Å². The summed E-state index contributed by atoms with van der Waals surface area (Å²) in [6.45, 7) is 0. The predicted molar refractivity (Wildman–Crippen MR) is 75.4 cm³/mol. The van der Waals surface area contributed by atoms with Gasteiger partial charge in [-0.15, -0.1) is 0 Å². The summed E-state index contributed by atoms with van der Waals surface area (Å²) < 4.78 is 14.0. The number of anilines is 1. The van der Waals surface area contributed by atoms with E-state index in [1.165, 1.54) is 6.20 Å². The molecule has 2 aromatic rings. The summed E-state index contributed by atoms with van der Waals surface area (Å²) in [6.07, 6.45) is 5.50. The van der Waals surface area contributed by atoms with Gasteiger partial charge < -0.3 is 16.0 Å². The first-order valence-electron chi connectivity index (χ1n) is 6.83. The van der Waals surface area contributed by atoms with E-state index < -0.39 is 12.1 Å². The number of halogens is 1. The number of nitrogens with two attached hydrogens (primary N) is 1. The smallest absolute Gasteiger partial charge is 0.252 e. The fourth-order valence-corrected chi connectivity index (χ4v) is 2.78. The van der Waals surface area contributed by atoms with Gasteiger partial charge in [0.1, 0.15) is 11.8 Å². The molecule has 1 saturated carbocycles. The van der Waals surface area contributed by atoms with Crippen molar-refractivity contribution in [2.45, 2.75) is 37.9 Å². The van der Waals surface area contributed by atoms with Gasteiger partial charge in [0.25, 0.3) is 5.91 Å². The zero-order chi connectivity index (χ0) is 14.1. The molecule has 0 spiro atoms. The Morgan fingerprint density at radius 3 is 3.00 bits per heavy atom. The number of amides is 1. The first kappa shape index (κ1) is 12.9. The molecule has 0 radical (unpaired) electrons. The first-order valence-corrected chi connectivity index (χ1v) is 6.83. The average Bonchev–Trinajstić information content (AvgIpc) is 2.90. The number of carbonyl (C=O) groups is 1. The number of fused-ring (bicyclic) bond motifs is 1. The second-order valence-electron chi connectivity index (χ2n) is 5.20. The zero-order valence-electron chi connectivity index (χ0n) is 11.0. The van der Waals surface area contributed by atoms with Crippen molar-refractivity contribution in [3.05, 3.63) is 24.0 Å². The number of nitrogens with one attached hydrogen (secondary N) is 2. The maximum atomic E-state index is 14.0. The van der Waals surface area contributed by atoms with E-state index in [2.05, 4.69) is 15.3 Å². The van der Waals surface area contributed by atoms with Crippen molar-refractivity contribution < 1.29 is 9.18 Å². The van der Waals surface area contributed by atoms with Crippen molar-refractivity contribution in [3.63, 3.8) is 0 Å². The zero-order valence-corrected chi connectivity index (χ0v) is 11.0. The number of carbonyl (C=O) groups excluding carboxylic acids is 1. The van der Waals surface area contributed by atoms with Gasteiger partial charge in [-0.2, -0.15) is 0 Å². The molecule has 4 N–H and O–H groups in total. The predicted octanol–water partition coefficient (Wildman–Crippen LogP) is 2.35. The van der Waals surface area contributed by atoms with Crippen LogP contribution in [-0.4, -0.2) is 28.1 Å². The van der Waals surface area contributed by atoms with Crippen molar-refractivity contribution in [1.82, 2.24) is 9.97 Å². The minimum absolute atomic E-state index is 0.276. The van der Waals surface area contributed by atoms with Gasteiger partial charge in [-0.3, -0.25) is 4.79 Å². The molecule has 3 rings (SSSR count). The van der Waals surface area contributed by atoms with Gasteiger partial charge >= 0.3 is 0 Å². The van der Waals surface area contributed by atoms with Crippen LogP contribution in [0.5, 0.6) is 0 Å². The maximum Gasteiger partial charge on any atom is 0.252 e. The van der Waals surface area contributed by atoms with Crippen LogP contribution in [0.1, 0.15) is 36.0 Å². The molecule has 1 amide bonds. The number of pyridine rings is 1. The molecule has 1 aliphatic carbocycles. The van der Waals surface area contributed by atoms with Crippen LogP contribution in [0.25, 0.3) is 11.0 Å². The molecule has 1 aliphatic rings. The molecule has 2 atom stereocenters. The SMILES string of the molecule is NC(=O)c1cnc2[nH]ccc2c1N[C@@H]1CCCC[C@@H]1F. The highest BCUT2D eigenvalue weighted by Gasteiger charge is 2.26. The number of hydrogen-bond acceptors (Lipinski definition) is 3. The maximum absolute atomic E-state index is 14.0. The van der Waals surface area contributed by atoms with Gasteiger partial charge in [-0.05, 0) is 18.9 Å². The Bertz CT molecular complexity index is 639. The van der Waals surface area contributed by atoms with Gasteiger partial charge in [-0.25, -0.2) is 9.37 Å². The molecule has 1 fully saturated rings. The van der Waals surface area contributed by atoms with Gasteiger partial charge in [0.05, 0.1) is 17.3 Å². The molecule has 0 saturated heterocycles. The number of hydrogen-bond donors (Lipinski definition) is 3. The third kappa shape index (κ3) is 2.21. The average molecular weight is 276 g/mol. The Hall–Kier alpha value is -2.11. The molecule has 20 heavy (non-hydrogen) atoms. The summed E-state index contributed by atoms with van der Waals surface area (Å²) >= 11 is 0. The summed E-state index contributed by atoms with van der Waals surface area (Å²) in [6, 6.07) is 1.54. The monoisotopic (exact) mass is 276 g/mol. The van der Waals surface area contributed by atoms with E-state index in [1.807, 2.05) is 6.07 Å². The number of aromatic amines is 1. The second-order valence-corrected chi connectivity index (χ2v) is 5.20. The summed E-state index contributed by atoms with van der Waals surface area (Å²) in [5.41, 5.74) is 6.93. The molecule has 5 nitrogen and oxygen atoms in total. The molecule has 2 heterocycles. The lowest BCUT2D eigenvalue weighted by molar-refractivity contribution is 0.100. The Kier molecular flexibility index (Phi) is 3.30. The van der Waals surface area contributed by atoms with E-state index in [1.54, 1.807) is 6.20 Å². The molecular weight excluding hydrogens is 259 g/mol. The van der Waals surface area contributed by atoms with E-state index in [-0.39, 0.29) is 6.04 Å². The number of rotatable bonds is 3. The molecule has 0 bridgehead atoms. The highest BCUT2D eigenvalue weighted by Crippen LogP contribution is 2.30. The van der Waals surface area contributed by atoms with Crippen molar-refractivity contribution in [2.75, 3.05) is 5.32 Å². The van der Waals surface area contributed by atoms with Crippen LogP contribution in [0.15, 0.2) is 18.5 Å². The Morgan fingerprint density at radius 1 is 1.45 bits per heavy atom. The van der Waals surface area contributed by atoms with Crippen LogP contribution < -0.4 is 11.1 Å². The molecule has 106 valence electrons. The summed E-state index contributed by atoms with van der Waals surface area (Å²) in [5.74, 6) is -0.561. The molecule has 0 aromatic carbocycles. The minimum Gasteiger partial charge on any atom is -0.378 e. The summed E-state index contributed by atoms with van der Waals surface area (Å²) in [5, 5.41) is 3.94. The van der Waals surface area contributed by atoms with Gasteiger partial charge in [0.15, 0.2) is 0 Å². The van der Waals surface area contributed by atoms with E-state index in [0.717, 1.165) is 24.6 Å². The van der Waals surface area contributed by atoms with Crippen molar-refractivity contribution in [2.24, 2.45) is 5.73 Å². The fraction of sp³-hybridized carbons (Fsp3) is 0.429. The molecule has 6 heteroatoms. The highest BCUT2D eigenvalue weighted by molar-refractivity contribution is 6.05. The van der Waals surface area contributed by atoms with Crippen molar-refractivity contribution in [3.8, 4) is 0 Å². The number of alkyl halides is 1. The Morgan fingerprint density at radius 2 is 2.25 bits per heavy atom. The minimum atomic E-state index is -0.897. The van der Waals surface area contributed by atoms with Gasteiger partial charge in [0, 0.05) is 17.8 Å². The van der Waals surface area contributed by atoms with E-state index in [0.29, 0.717) is 23.3 Å². The van der Waals surface area contributed by atoms with Gasteiger partial charge in [0.2, 0.25) is 0 Å². The third-order valence-corrected chi connectivity index (χ3v) is 3.86. The second kappa shape index (κ2) is 5.11. The third-order valence-electron chi connectivity index (χ3n) is 3.86. The van der Waals surface area contributed by atoms with Crippen LogP contribution in [-0.2, 0) is 0 Å². The van der Waals surface area contributed by atoms with Gasteiger partial charge in [-0.1, -0.05) is 12.8 Å². The Labute approximate surface area is 115 Å². The van der Waals surface area contributed by atoms with Crippen LogP contribution in [0.3, 0.4) is 0 Å². The topological polar surface area (TPSA) is 83.8 Å². The van der Waals surface area contributed by atoms with Crippen LogP contribution in [0, 0.1) is 0 Å². The van der Waals surface area contributed by atoms with Crippen LogP contribution in [0.2, 0.25) is 0 Å². The largest absolute Gasteiger partial charge is 0.378 e. The quantitative estimate of drug-likeness (QED) is 0.804. The lowest BCUT2D eigenvalue weighted by atomic mass is 9.93. The lowest BCUT2D eigenvalue weighted by Crippen LogP contribution is -2.34. The highest BCUT2D eigenvalue weighted by atomic mass is 19.1. The summed E-state index contributed by atoms with van der Waals surface area (Å²) in [7, 11) is 0. The van der Waals surface area contributed by atoms with Crippen molar-refractivity contribution in [1.29, 1.82) is 0 Å². The Balaban J connectivity index is 2.01. The number of H-pyrrole nitrogens is 1. The van der Waals surface area contributed by atoms with E-state index in [9.17, 15) is 9.18 Å². The first-order chi connectivity index (χ1) is 9.66. The van der Waals surface area contributed by atoms with E-state index in [4.69, 9.17) is 5.73 Å².